The third-order valence-electron chi connectivity index (χ3n) is 2.55. The molecule has 7 heteroatoms. The number of aromatic nitrogens is 4. The number of hydrogen-bond donors (Lipinski definition) is 1. The molecule has 0 aliphatic carbocycles. The minimum absolute atomic E-state index is 0.00840. The van der Waals surface area contributed by atoms with Crippen LogP contribution in [0.4, 0.5) is 0 Å². The zero-order valence-electron chi connectivity index (χ0n) is 9.11. The molecule has 2 heterocycles. The number of nitrogens with one attached hydrogen (secondary N) is 1. The Morgan fingerprint density at radius 3 is 2.61 bits per heavy atom. The van der Waals surface area contributed by atoms with Crippen LogP contribution in [0.2, 0.25) is 0 Å². The molecule has 18 heavy (non-hydrogen) atoms. The van der Waals surface area contributed by atoms with E-state index in [0.29, 0.717) is 11.4 Å². The molecule has 2 aliphatic rings. The van der Waals surface area contributed by atoms with Gasteiger partial charge in [-0.25, -0.2) is 14.6 Å². The number of nitrogens with zero attached hydrogens (tertiary/aromatic N) is 3. The van der Waals surface area contributed by atoms with Gasteiger partial charge in [-0.15, -0.1) is 0 Å². The maximum atomic E-state index is 11.0. The van der Waals surface area contributed by atoms with Crippen molar-refractivity contribution in [3.8, 4) is 17.1 Å². The average Bonchev–Trinajstić information content (AvgIpc) is 2.83. The highest BCUT2D eigenvalue weighted by molar-refractivity contribution is 7.63. The van der Waals surface area contributed by atoms with Gasteiger partial charge in [0.1, 0.15) is 6.33 Å². The van der Waals surface area contributed by atoms with Crippen molar-refractivity contribution < 1.29 is 8.42 Å². The third-order valence-corrected chi connectivity index (χ3v) is 3.19. The predicted octanol–water partition coefficient (Wildman–Crippen LogP) is 1.11. The molecule has 0 amide bonds. The SMILES string of the molecule is O=S(=O)=c1ncnc2n(-c3ccccc3)[nH]cc1-2. The first-order valence-corrected chi connectivity index (χ1v) is 6.23. The van der Waals surface area contributed by atoms with E-state index in [1.54, 1.807) is 10.9 Å². The summed E-state index contributed by atoms with van der Waals surface area (Å²) < 4.78 is 23.8. The number of aromatic amines is 1. The Balaban J connectivity index is 2.34. The van der Waals surface area contributed by atoms with Crippen LogP contribution in [-0.2, 0) is 10.3 Å². The molecule has 0 fully saturated rings. The molecule has 1 aromatic rings. The summed E-state index contributed by atoms with van der Waals surface area (Å²) in [6, 6.07) is 9.48. The van der Waals surface area contributed by atoms with Gasteiger partial charge in [0.15, 0.2) is 10.5 Å². The van der Waals surface area contributed by atoms with E-state index >= 15 is 0 Å². The first kappa shape index (κ1) is 10.7. The number of rotatable bonds is 1. The Kier molecular flexibility index (Phi) is 2.45. The Labute approximate surface area is 103 Å². The normalized spacial score (nSPS) is 10.7. The van der Waals surface area contributed by atoms with Crippen molar-refractivity contribution in [2.24, 2.45) is 0 Å². The minimum atomic E-state index is -2.38. The Morgan fingerprint density at radius 2 is 1.89 bits per heavy atom. The fourth-order valence-electron chi connectivity index (χ4n) is 1.77. The second-order valence-corrected chi connectivity index (χ2v) is 4.45. The van der Waals surface area contributed by atoms with Gasteiger partial charge in [-0.1, -0.05) is 18.2 Å². The first-order valence-electron chi connectivity index (χ1n) is 5.16. The molecule has 0 spiro atoms. The Bertz CT molecular complexity index is 825. The zero-order valence-corrected chi connectivity index (χ0v) is 9.92. The van der Waals surface area contributed by atoms with Crippen LogP contribution in [0.1, 0.15) is 0 Å². The second kappa shape index (κ2) is 4.11. The van der Waals surface area contributed by atoms with Crippen LogP contribution < -0.4 is 0 Å². The largest absolute Gasteiger partial charge is 0.299 e. The lowest BCUT2D eigenvalue weighted by molar-refractivity contribution is 0.624. The summed E-state index contributed by atoms with van der Waals surface area (Å²) in [7, 11) is -2.38. The fraction of sp³-hybridized carbons (Fsp3) is 0. The maximum Gasteiger partial charge on any atom is 0.241 e. The molecule has 0 unspecified atom stereocenters. The highest BCUT2D eigenvalue weighted by atomic mass is 32.2. The quantitative estimate of drug-likeness (QED) is 0.665. The summed E-state index contributed by atoms with van der Waals surface area (Å²) in [5, 5.41) is 2.97. The van der Waals surface area contributed by atoms with Crippen LogP contribution in [0.3, 0.4) is 0 Å². The van der Waals surface area contributed by atoms with E-state index in [9.17, 15) is 8.42 Å². The van der Waals surface area contributed by atoms with Gasteiger partial charge in [0.25, 0.3) is 0 Å². The van der Waals surface area contributed by atoms with Crippen molar-refractivity contribution in [3.05, 3.63) is 47.5 Å². The lowest BCUT2D eigenvalue weighted by Gasteiger charge is -2.05. The Hall–Kier alpha value is -2.41. The molecular formula is C11H8N4O2S. The molecule has 0 aromatic heterocycles. The predicted molar refractivity (Wildman–Crippen MR) is 64.5 cm³/mol. The minimum Gasteiger partial charge on any atom is -0.299 e. The third kappa shape index (κ3) is 1.61. The van der Waals surface area contributed by atoms with Gasteiger partial charge in [-0.3, -0.25) is 5.10 Å². The first-order chi connectivity index (χ1) is 8.77. The molecule has 6 nitrogen and oxygen atoms in total. The van der Waals surface area contributed by atoms with Gasteiger partial charge in [-0.2, -0.15) is 8.42 Å². The lowest BCUT2D eigenvalue weighted by Crippen LogP contribution is -2.00. The van der Waals surface area contributed by atoms with E-state index in [0.717, 1.165) is 5.69 Å². The molecule has 1 aromatic carbocycles. The summed E-state index contributed by atoms with van der Waals surface area (Å²) in [6.07, 6.45) is 2.81. The molecule has 2 aliphatic heterocycles. The van der Waals surface area contributed by atoms with Gasteiger partial charge < -0.3 is 0 Å². The van der Waals surface area contributed by atoms with Crippen molar-refractivity contribution >= 4 is 10.3 Å². The summed E-state index contributed by atoms with van der Waals surface area (Å²) in [6.45, 7) is 0. The number of H-pyrrole nitrogens is 1. The summed E-state index contributed by atoms with van der Waals surface area (Å²) in [5.74, 6) is 0.524. The van der Waals surface area contributed by atoms with Crippen LogP contribution in [0.15, 0.2) is 42.9 Å². The van der Waals surface area contributed by atoms with Crippen molar-refractivity contribution in [2.75, 3.05) is 0 Å². The summed E-state index contributed by atoms with van der Waals surface area (Å²) in [4.78, 5) is 7.86. The van der Waals surface area contributed by atoms with Gasteiger partial charge in [0, 0.05) is 6.20 Å². The van der Waals surface area contributed by atoms with E-state index in [1.165, 1.54) is 6.33 Å². The van der Waals surface area contributed by atoms with Crippen LogP contribution in [0.25, 0.3) is 17.1 Å². The fourth-order valence-corrected chi connectivity index (χ4v) is 2.24. The summed E-state index contributed by atoms with van der Waals surface area (Å²) in [5.41, 5.74) is 1.34. The molecule has 90 valence electrons. The molecular weight excluding hydrogens is 252 g/mol. The van der Waals surface area contributed by atoms with Gasteiger partial charge in [0.2, 0.25) is 10.3 Å². The molecule has 1 N–H and O–H groups in total. The molecule has 0 radical (unpaired) electrons. The van der Waals surface area contributed by atoms with Crippen molar-refractivity contribution in [2.45, 2.75) is 0 Å². The molecule has 3 rings (SSSR count). The molecule has 0 saturated heterocycles. The zero-order chi connectivity index (χ0) is 12.5. The number of fused-ring (bicyclic) bond motifs is 1. The lowest BCUT2D eigenvalue weighted by atomic mass is 10.3. The molecule has 0 bridgehead atoms. The maximum absolute atomic E-state index is 11.0. The van der Waals surface area contributed by atoms with E-state index in [2.05, 4.69) is 15.1 Å². The van der Waals surface area contributed by atoms with Crippen molar-refractivity contribution in [3.63, 3.8) is 0 Å². The van der Waals surface area contributed by atoms with Crippen LogP contribution in [0.5, 0.6) is 0 Å². The second-order valence-electron chi connectivity index (χ2n) is 3.60. The van der Waals surface area contributed by atoms with E-state index in [-0.39, 0.29) is 4.64 Å². The van der Waals surface area contributed by atoms with E-state index in [4.69, 9.17) is 0 Å². The highest BCUT2D eigenvalue weighted by Crippen LogP contribution is 2.21. The number of benzene rings is 1. The van der Waals surface area contributed by atoms with E-state index in [1.807, 2.05) is 30.3 Å². The summed E-state index contributed by atoms with van der Waals surface area (Å²) >= 11 is 0. The topological polar surface area (TPSA) is 80.6 Å². The average molecular weight is 260 g/mol. The van der Waals surface area contributed by atoms with Crippen LogP contribution in [-0.4, -0.2) is 28.2 Å². The molecule has 0 atom stereocenters. The van der Waals surface area contributed by atoms with Gasteiger partial charge in [0.05, 0.1) is 11.3 Å². The van der Waals surface area contributed by atoms with Gasteiger partial charge in [-0.05, 0) is 12.1 Å². The monoisotopic (exact) mass is 260 g/mol. The molecule has 0 saturated carbocycles. The van der Waals surface area contributed by atoms with Crippen molar-refractivity contribution in [1.82, 2.24) is 19.7 Å². The smallest absolute Gasteiger partial charge is 0.241 e. The highest BCUT2D eigenvalue weighted by Gasteiger charge is 2.14. The number of hydrogen-bond acceptors (Lipinski definition) is 4. The Morgan fingerprint density at radius 1 is 1.11 bits per heavy atom. The van der Waals surface area contributed by atoms with Crippen LogP contribution >= 0.6 is 0 Å². The number of para-hydroxylation sites is 1. The standard InChI is InChI=1S/C11H8N4O2S/c16-18(17)11-9-6-14-15(10(9)12-7-13-11)8-4-2-1-3-5-8/h1-7,14H. The van der Waals surface area contributed by atoms with Crippen molar-refractivity contribution in [1.29, 1.82) is 0 Å². The van der Waals surface area contributed by atoms with E-state index < -0.39 is 10.3 Å². The van der Waals surface area contributed by atoms with Gasteiger partial charge >= 0.3 is 0 Å². The van der Waals surface area contributed by atoms with Crippen LogP contribution in [0, 0.1) is 4.64 Å².